The van der Waals surface area contributed by atoms with Crippen LogP contribution in [0.5, 0.6) is 0 Å². The summed E-state index contributed by atoms with van der Waals surface area (Å²) in [5.74, 6) is 0.581. The normalized spacial score (nSPS) is 20.5. The van der Waals surface area contributed by atoms with E-state index in [2.05, 4.69) is 10.3 Å². The zero-order chi connectivity index (χ0) is 18.6. The molecule has 0 aliphatic heterocycles. The first-order valence-corrected chi connectivity index (χ1v) is 10.4. The summed E-state index contributed by atoms with van der Waals surface area (Å²) in [4.78, 5) is 4.41. The predicted octanol–water partition coefficient (Wildman–Crippen LogP) is 3.01. The summed E-state index contributed by atoms with van der Waals surface area (Å²) in [7, 11) is -3.67. The van der Waals surface area contributed by atoms with E-state index in [1.807, 2.05) is 18.2 Å². The summed E-state index contributed by atoms with van der Waals surface area (Å²) in [6, 6.07) is 12.2. The number of benzene rings is 1. The Bertz CT molecular complexity index is 810. The van der Waals surface area contributed by atoms with E-state index in [9.17, 15) is 13.5 Å². The van der Waals surface area contributed by atoms with Gasteiger partial charge in [-0.2, -0.15) is 0 Å². The van der Waals surface area contributed by atoms with Crippen LogP contribution in [-0.2, 0) is 10.0 Å². The minimum Gasteiger partial charge on any atom is -0.391 e. The maximum Gasteiger partial charge on any atom is 0.265 e. The molecule has 0 bridgehead atoms. The molecule has 1 fully saturated rings. The van der Waals surface area contributed by atoms with Crippen LogP contribution in [0.25, 0.3) is 0 Å². The Morgan fingerprint density at radius 2 is 1.88 bits per heavy atom. The maximum atomic E-state index is 12.9. The molecule has 7 heteroatoms. The van der Waals surface area contributed by atoms with Crippen molar-refractivity contribution in [3.8, 4) is 0 Å². The first kappa shape index (κ1) is 18.7. The monoisotopic (exact) mass is 375 g/mol. The second kappa shape index (κ2) is 8.05. The molecule has 2 aromatic rings. The van der Waals surface area contributed by atoms with E-state index in [1.165, 1.54) is 10.5 Å². The molecule has 0 spiro atoms. The molecule has 1 aromatic carbocycles. The number of aromatic nitrogens is 1. The molecule has 1 aromatic heterocycles. The van der Waals surface area contributed by atoms with Crippen molar-refractivity contribution in [3.05, 3.63) is 48.7 Å². The highest BCUT2D eigenvalue weighted by atomic mass is 32.2. The molecule has 1 heterocycles. The summed E-state index contributed by atoms with van der Waals surface area (Å²) >= 11 is 0. The lowest BCUT2D eigenvalue weighted by Gasteiger charge is -2.28. The molecule has 0 unspecified atom stereocenters. The second-order valence-corrected chi connectivity index (χ2v) is 8.35. The molecule has 6 nitrogen and oxygen atoms in total. The summed E-state index contributed by atoms with van der Waals surface area (Å²) in [6.07, 6.45) is 4.77. The van der Waals surface area contributed by atoms with Crippen molar-refractivity contribution in [1.29, 1.82) is 0 Å². The van der Waals surface area contributed by atoms with Gasteiger partial charge in [0.1, 0.15) is 10.7 Å². The van der Waals surface area contributed by atoms with Crippen LogP contribution in [-0.4, -0.2) is 37.2 Å². The molecule has 2 N–H and O–H groups in total. The molecule has 0 radical (unpaired) electrons. The number of aliphatic hydroxyl groups is 1. The van der Waals surface area contributed by atoms with Crippen LogP contribution in [0.3, 0.4) is 0 Å². The second-order valence-electron chi connectivity index (χ2n) is 6.49. The standard InChI is InChI=1S/C19H25N3O3S/c1-2-22(15-8-4-3-5-9-15)26(24,25)16-12-13-19(20-14-16)21-17-10-6-7-11-18(17)23/h3-5,8-9,12-14,17-18,23H,2,6-7,10-11H2,1H3,(H,20,21)/t17-,18-/m0/s1. The third-order valence-electron chi connectivity index (χ3n) is 4.72. The number of para-hydroxylation sites is 1. The Morgan fingerprint density at radius 1 is 1.15 bits per heavy atom. The lowest BCUT2D eigenvalue weighted by Crippen LogP contribution is -2.36. The summed E-state index contributed by atoms with van der Waals surface area (Å²) in [6.45, 7) is 2.14. The zero-order valence-electron chi connectivity index (χ0n) is 14.9. The summed E-state index contributed by atoms with van der Waals surface area (Å²) < 4.78 is 27.2. The SMILES string of the molecule is CCN(c1ccccc1)S(=O)(=O)c1ccc(N[C@H]2CCCC[C@@H]2O)nc1. The zero-order valence-corrected chi connectivity index (χ0v) is 15.7. The van der Waals surface area contributed by atoms with E-state index in [-0.39, 0.29) is 17.0 Å². The third kappa shape index (κ3) is 3.99. The smallest absolute Gasteiger partial charge is 0.265 e. The van der Waals surface area contributed by atoms with Gasteiger partial charge < -0.3 is 10.4 Å². The molecule has 140 valence electrons. The quantitative estimate of drug-likeness (QED) is 0.811. The van der Waals surface area contributed by atoms with Gasteiger partial charge in [0.25, 0.3) is 10.0 Å². The van der Waals surface area contributed by atoms with Crippen molar-refractivity contribution in [2.75, 3.05) is 16.2 Å². The number of pyridine rings is 1. The Hall–Kier alpha value is -2.12. The fourth-order valence-corrected chi connectivity index (χ4v) is 4.72. The van der Waals surface area contributed by atoms with E-state index >= 15 is 0 Å². The molecule has 1 saturated carbocycles. The number of nitrogens with one attached hydrogen (secondary N) is 1. The van der Waals surface area contributed by atoms with Crippen LogP contribution in [0.15, 0.2) is 53.6 Å². The largest absolute Gasteiger partial charge is 0.391 e. The van der Waals surface area contributed by atoms with Gasteiger partial charge in [-0.05, 0) is 44.0 Å². The molecule has 3 rings (SSSR count). The van der Waals surface area contributed by atoms with E-state index in [1.54, 1.807) is 31.2 Å². The van der Waals surface area contributed by atoms with Crippen molar-refractivity contribution in [2.45, 2.75) is 49.6 Å². The molecule has 0 saturated heterocycles. The summed E-state index contributed by atoms with van der Waals surface area (Å²) in [5, 5.41) is 13.3. The Balaban J connectivity index is 1.78. The van der Waals surface area contributed by atoms with Gasteiger partial charge in [0.05, 0.1) is 17.8 Å². The topological polar surface area (TPSA) is 82.5 Å². The number of hydrogen-bond donors (Lipinski definition) is 2. The van der Waals surface area contributed by atoms with E-state index < -0.39 is 10.0 Å². The van der Waals surface area contributed by atoms with E-state index in [0.717, 1.165) is 25.7 Å². The van der Waals surface area contributed by atoms with Crippen molar-refractivity contribution in [3.63, 3.8) is 0 Å². The van der Waals surface area contributed by atoms with Gasteiger partial charge in [0, 0.05) is 12.7 Å². The van der Waals surface area contributed by atoms with E-state index in [0.29, 0.717) is 18.1 Å². The van der Waals surface area contributed by atoms with Gasteiger partial charge in [-0.3, -0.25) is 4.31 Å². The number of hydrogen-bond acceptors (Lipinski definition) is 5. The Morgan fingerprint density at radius 3 is 2.50 bits per heavy atom. The lowest BCUT2D eigenvalue weighted by atomic mass is 9.92. The van der Waals surface area contributed by atoms with Gasteiger partial charge in [0.2, 0.25) is 0 Å². The van der Waals surface area contributed by atoms with E-state index in [4.69, 9.17) is 0 Å². The Kier molecular flexibility index (Phi) is 5.78. The molecular formula is C19H25N3O3S. The van der Waals surface area contributed by atoms with Gasteiger partial charge >= 0.3 is 0 Å². The van der Waals surface area contributed by atoms with Crippen LogP contribution >= 0.6 is 0 Å². The fraction of sp³-hybridized carbons (Fsp3) is 0.421. The van der Waals surface area contributed by atoms with Gasteiger partial charge in [-0.15, -0.1) is 0 Å². The number of anilines is 2. The average molecular weight is 375 g/mol. The van der Waals surface area contributed by atoms with Gasteiger partial charge in [0.15, 0.2) is 0 Å². The molecule has 26 heavy (non-hydrogen) atoms. The van der Waals surface area contributed by atoms with Crippen LogP contribution in [0.2, 0.25) is 0 Å². The maximum absolute atomic E-state index is 12.9. The Labute approximate surface area is 154 Å². The number of aliphatic hydroxyl groups excluding tert-OH is 1. The van der Waals surface area contributed by atoms with Crippen molar-refractivity contribution >= 4 is 21.5 Å². The summed E-state index contributed by atoms with van der Waals surface area (Å²) in [5.41, 5.74) is 0.627. The minimum atomic E-state index is -3.67. The number of sulfonamides is 1. The molecular weight excluding hydrogens is 350 g/mol. The highest BCUT2D eigenvalue weighted by Crippen LogP contribution is 2.25. The third-order valence-corrected chi connectivity index (χ3v) is 6.60. The highest BCUT2D eigenvalue weighted by Gasteiger charge is 2.25. The van der Waals surface area contributed by atoms with Crippen LogP contribution in [0, 0.1) is 0 Å². The number of rotatable bonds is 6. The fourth-order valence-electron chi connectivity index (χ4n) is 3.30. The van der Waals surface area contributed by atoms with Gasteiger partial charge in [-0.25, -0.2) is 13.4 Å². The average Bonchev–Trinajstić information content (AvgIpc) is 2.65. The molecule has 1 aliphatic carbocycles. The van der Waals surface area contributed by atoms with Crippen LogP contribution in [0.4, 0.5) is 11.5 Å². The number of nitrogens with zero attached hydrogens (tertiary/aromatic N) is 2. The molecule has 2 atom stereocenters. The molecule has 1 aliphatic rings. The van der Waals surface area contributed by atoms with Crippen molar-refractivity contribution < 1.29 is 13.5 Å². The predicted molar refractivity (Wildman–Crippen MR) is 103 cm³/mol. The highest BCUT2D eigenvalue weighted by molar-refractivity contribution is 7.92. The molecule has 0 amide bonds. The minimum absolute atomic E-state index is 0.0323. The lowest BCUT2D eigenvalue weighted by molar-refractivity contribution is 0.116. The van der Waals surface area contributed by atoms with Crippen LogP contribution < -0.4 is 9.62 Å². The van der Waals surface area contributed by atoms with Crippen molar-refractivity contribution in [2.24, 2.45) is 0 Å². The first-order valence-electron chi connectivity index (χ1n) is 9.01. The van der Waals surface area contributed by atoms with Crippen molar-refractivity contribution in [1.82, 2.24) is 4.98 Å². The van der Waals surface area contributed by atoms with Crippen LogP contribution in [0.1, 0.15) is 32.6 Å². The van der Waals surface area contributed by atoms with Gasteiger partial charge in [-0.1, -0.05) is 31.0 Å². The first-order chi connectivity index (χ1) is 12.5.